The summed E-state index contributed by atoms with van der Waals surface area (Å²) in [5, 5.41) is 18.7. The van der Waals surface area contributed by atoms with E-state index in [9.17, 15) is 19.5 Å². The molecule has 5 rings (SSSR count). The first-order chi connectivity index (χ1) is 17.4. The number of anilines is 1. The topological polar surface area (TPSA) is 167 Å². The number of rotatable bonds is 7. The smallest absolute Gasteiger partial charge is 0.292 e. The van der Waals surface area contributed by atoms with Gasteiger partial charge in [-0.1, -0.05) is 17.3 Å². The Bertz CT molecular complexity index is 1440. The molecule has 1 saturated heterocycles. The van der Waals surface area contributed by atoms with Crippen LogP contribution >= 0.6 is 11.8 Å². The molecule has 0 spiro atoms. The van der Waals surface area contributed by atoms with Crippen LogP contribution in [-0.4, -0.2) is 57.7 Å². The van der Waals surface area contributed by atoms with Gasteiger partial charge >= 0.3 is 0 Å². The molecule has 1 fully saturated rings. The van der Waals surface area contributed by atoms with Crippen LogP contribution in [0.5, 0.6) is 0 Å². The number of aliphatic carboxylic acids is 1. The summed E-state index contributed by atoms with van der Waals surface area (Å²) in [6.07, 6.45) is 2.98. The van der Waals surface area contributed by atoms with E-state index in [1.165, 1.54) is 18.9 Å². The van der Waals surface area contributed by atoms with Crippen molar-refractivity contribution in [2.24, 2.45) is 5.16 Å². The molecular weight excluding hydrogens is 488 g/mol. The van der Waals surface area contributed by atoms with Gasteiger partial charge in [0.1, 0.15) is 30.5 Å². The first-order valence-corrected chi connectivity index (χ1v) is 11.8. The van der Waals surface area contributed by atoms with E-state index in [1.54, 1.807) is 0 Å². The van der Waals surface area contributed by atoms with Gasteiger partial charge in [0.2, 0.25) is 5.52 Å². The van der Waals surface area contributed by atoms with Gasteiger partial charge in [-0.15, -0.1) is 11.8 Å². The molecule has 2 atom stereocenters. The van der Waals surface area contributed by atoms with Crippen LogP contribution in [0.2, 0.25) is 0 Å². The number of nitrogen functional groups attached to an aromatic ring is 1. The highest BCUT2D eigenvalue weighted by atomic mass is 32.2. The lowest BCUT2D eigenvalue weighted by Crippen LogP contribution is -2.71. The van der Waals surface area contributed by atoms with E-state index >= 15 is 0 Å². The second kappa shape index (κ2) is 9.34. The summed E-state index contributed by atoms with van der Waals surface area (Å²) in [7, 11) is 1.25. The lowest BCUT2D eigenvalue weighted by molar-refractivity contribution is -0.663. The maximum absolute atomic E-state index is 13.0. The maximum Gasteiger partial charge on any atom is 0.292 e. The molecule has 3 N–H and O–H groups in total. The summed E-state index contributed by atoms with van der Waals surface area (Å²) in [6.45, 7) is 0.267. The quantitative estimate of drug-likeness (QED) is 0.179. The van der Waals surface area contributed by atoms with Crippen molar-refractivity contribution < 1.29 is 33.3 Å². The zero-order valence-electron chi connectivity index (χ0n) is 18.9. The molecule has 0 bridgehead atoms. The van der Waals surface area contributed by atoms with Crippen molar-refractivity contribution in [3.63, 3.8) is 0 Å². The largest absolute Gasteiger partial charge is 0.543 e. The highest BCUT2D eigenvalue weighted by molar-refractivity contribution is 8.00. The number of nitrogens with zero attached hydrogens (tertiary/aromatic N) is 4. The van der Waals surface area contributed by atoms with Crippen LogP contribution in [-0.2, 0) is 25.8 Å². The van der Waals surface area contributed by atoms with E-state index in [1.807, 2.05) is 47.2 Å². The molecular formula is C23H20N6O6S. The van der Waals surface area contributed by atoms with E-state index in [2.05, 4.69) is 15.5 Å². The summed E-state index contributed by atoms with van der Waals surface area (Å²) in [5.41, 5.74) is 6.54. The molecule has 1 aromatic carbocycles. The van der Waals surface area contributed by atoms with Crippen molar-refractivity contribution in [2.45, 2.75) is 18.0 Å². The third-order valence-corrected chi connectivity index (χ3v) is 7.18. The minimum Gasteiger partial charge on any atom is -0.543 e. The fraction of sp³-hybridized carbons (Fsp3) is 0.217. The highest BCUT2D eigenvalue weighted by Crippen LogP contribution is 2.40. The summed E-state index contributed by atoms with van der Waals surface area (Å²) in [5.74, 6) is -2.44. The predicted octanol–water partition coefficient (Wildman–Crippen LogP) is -0.848. The van der Waals surface area contributed by atoms with Crippen molar-refractivity contribution in [3.8, 4) is 0 Å². The Hall–Kier alpha value is -4.39. The number of amides is 2. The van der Waals surface area contributed by atoms with Gasteiger partial charge in [-0.2, -0.15) is 9.55 Å². The fourth-order valence-electron chi connectivity index (χ4n) is 4.26. The standard InChI is InChI=1S/C23H20N6O6S/c1-34-27-16(14-10-35-23(24)25-14)19(30)26-17-20(31)29-18(22(32)33)13(11-36-21(17)29)9-28-8-4-6-12-5-2-3-7-15(12)28/h2-8,10,17,21H,9,11H2,1H3,(H3-,24,25,26,30,32,33)/b27-16-/t17?,21-/m1/s1. The summed E-state index contributed by atoms with van der Waals surface area (Å²) < 4.78 is 6.84. The Kier molecular flexibility index (Phi) is 6.06. The van der Waals surface area contributed by atoms with E-state index in [0.29, 0.717) is 11.3 Å². The third kappa shape index (κ3) is 4.02. The molecule has 1 unspecified atom stereocenters. The van der Waals surface area contributed by atoms with Gasteiger partial charge in [-0.05, 0) is 12.1 Å². The molecule has 2 amide bonds. The number of carbonyl (C=O) groups is 3. The van der Waals surface area contributed by atoms with E-state index in [0.717, 1.165) is 22.1 Å². The Morgan fingerprint density at radius 1 is 1.36 bits per heavy atom. The number of oxazole rings is 1. The summed E-state index contributed by atoms with van der Waals surface area (Å²) in [4.78, 5) is 47.7. The highest BCUT2D eigenvalue weighted by Gasteiger charge is 2.53. The average Bonchev–Trinajstić information content (AvgIpc) is 3.31. The number of β-lactam (4-membered cyclic amide) rings is 1. The van der Waals surface area contributed by atoms with Crippen molar-refractivity contribution in [1.82, 2.24) is 15.2 Å². The van der Waals surface area contributed by atoms with Crippen molar-refractivity contribution in [1.29, 1.82) is 0 Å². The zero-order chi connectivity index (χ0) is 25.4. The van der Waals surface area contributed by atoms with Gasteiger partial charge in [0.25, 0.3) is 17.8 Å². The van der Waals surface area contributed by atoms with E-state index < -0.39 is 29.2 Å². The number of oxime groups is 1. The van der Waals surface area contributed by atoms with Crippen LogP contribution in [0.15, 0.2) is 69.7 Å². The Balaban J connectivity index is 1.38. The number of aromatic nitrogens is 2. The fourth-order valence-corrected chi connectivity index (χ4v) is 5.59. The van der Waals surface area contributed by atoms with Crippen molar-refractivity contribution >= 4 is 52.2 Å². The number of thioether (sulfide) groups is 1. The Labute approximate surface area is 208 Å². The number of nitrogens with one attached hydrogen (secondary N) is 1. The minimum absolute atomic E-state index is 0.0245. The number of carboxylic acids is 1. The third-order valence-electron chi connectivity index (χ3n) is 5.84. The molecule has 184 valence electrons. The van der Waals surface area contributed by atoms with Crippen molar-refractivity contribution in [3.05, 3.63) is 65.8 Å². The number of nitrogens with two attached hydrogens (primary N) is 1. The maximum atomic E-state index is 13.0. The Morgan fingerprint density at radius 3 is 2.86 bits per heavy atom. The number of carboxylic acid groups (broad SMARTS) is 1. The predicted molar refractivity (Wildman–Crippen MR) is 126 cm³/mol. The molecule has 13 heteroatoms. The second-order valence-electron chi connectivity index (χ2n) is 7.99. The molecule has 0 radical (unpaired) electrons. The molecule has 36 heavy (non-hydrogen) atoms. The molecule has 4 heterocycles. The van der Waals surface area contributed by atoms with Crippen LogP contribution in [0.25, 0.3) is 10.9 Å². The molecule has 2 aromatic heterocycles. The first-order valence-electron chi connectivity index (χ1n) is 10.8. The van der Waals surface area contributed by atoms with Gasteiger partial charge < -0.3 is 30.2 Å². The lowest BCUT2D eigenvalue weighted by atomic mass is 10.0. The number of hydrogen-bond acceptors (Lipinski definition) is 10. The van der Waals surface area contributed by atoms with Crippen molar-refractivity contribution in [2.75, 3.05) is 18.6 Å². The van der Waals surface area contributed by atoms with E-state index in [4.69, 9.17) is 15.0 Å². The van der Waals surface area contributed by atoms with Crippen LogP contribution in [0.1, 0.15) is 5.69 Å². The summed E-state index contributed by atoms with van der Waals surface area (Å²) >= 11 is 1.35. The number of carbonyl (C=O) groups excluding carboxylic acids is 3. The van der Waals surface area contributed by atoms with Gasteiger partial charge in [0.05, 0.1) is 11.7 Å². The summed E-state index contributed by atoms with van der Waals surface area (Å²) in [6, 6.07) is 10.4. The first kappa shape index (κ1) is 23.4. The van der Waals surface area contributed by atoms with E-state index in [-0.39, 0.29) is 29.7 Å². The van der Waals surface area contributed by atoms with Gasteiger partial charge in [-0.3, -0.25) is 14.5 Å². The number of benzene rings is 1. The normalized spacial score (nSPS) is 19.6. The average molecular weight is 509 g/mol. The lowest BCUT2D eigenvalue weighted by Gasteiger charge is -2.50. The van der Waals surface area contributed by atoms with Crippen LogP contribution in [0.4, 0.5) is 6.01 Å². The molecule has 2 aliphatic heterocycles. The second-order valence-corrected chi connectivity index (χ2v) is 9.09. The molecule has 12 nitrogen and oxygen atoms in total. The number of fused-ring (bicyclic) bond motifs is 2. The molecule has 3 aromatic rings. The van der Waals surface area contributed by atoms with Crippen LogP contribution in [0.3, 0.4) is 0 Å². The van der Waals surface area contributed by atoms with Crippen LogP contribution < -0.4 is 20.7 Å². The SMILES string of the molecule is CO/N=C(\C(=O)NC1C(=O)N2C(C(=O)[O-])=C(C[n+]3cccc4ccccc43)CS[C@H]12)c1coc(N)n1. The molecule has 2 aliphatic rings. The van der Waals surface area contributed by atoms with Gasteiger partial charge in [-0.25, -0.2) is 0 Å². The minimum atomic E-state index is -1.45. The number of pyridine rings is 1. The van der Waals surface area contributed by atoms with Crippen LogP contribution in [0, 0.1) is 0 Å². The van der Waals surface area contributed by atoms with Gasteiger partial charge in [0.15, 0.2) is 18.5 Å². The Morgan fingerprint density at radius 2 is 2.14 bits per heavy atom. The zero-order valence-corrected chi connectivity index (χ0v) is 19.7. The number of hydrogen-bond donors (Lipinski definition) is 2. The number of para-hydroxylation sites is 1. The molecule has 0 saturated carbocycles. The molecule has 0 aliphatic carbocycles. The monoisotopic (exact) mass is 508 g/mol. The van der Waals surface area contributed by atoms with Gasteiger partial charge in [0, 0.05) is 28.8 Å².